The number of amides is 5. The van der Waals surface area contributed by atoms with Gasteiger partial charge in [-0.25, -0.2) is 9.78 Å². The van der Waals surface area contributed by atoms with E-state index >= 15 is 0 Å². The molecule has 0 spiro atoms. The fourth-order valence-corrected chi connectivity index (χ4v) is 4.51. The zero-order chi connectivity index (χ0) is 37.1. The Morgan fingerprint density at radius 2 is 1.18 bits per heavy atom. The second-order valence-corrected chi connectivity index (χ2v) is 11.3. The van der Waals surface area contributed by atoms with Gasteiger partial charge in [-0.3, -0.25) is 28.8 Å². The summed E-state index contributed by atoms with van der Waals surface area (Å²) < 4.78 is 0. The van der Waals surface area contributed by atoms with Crippen molar-refractivity contribution in [2.45, 2.75) is 107 Å². The Bertz CT molecular complexity index is 1250. The van der Waals surface area contributed by atoms with Gasteiger partial charge in [0.05, 0.1) is 12.7 Å². The van der Waals surface area contributed by atoms with Crippen LogP contribution in [-0.2, 0) is 40.0 Å². The van der Waals surface area contributed by atoms with Gasteiger partial charge >= 0.3 is 11.9 Å². The number of aliphatic hydroxyl groups is 2. The molecule has 1 aromatic heterocycles. The van der Waals surface area contributed by atoms with Crippen molar-refractivity contribution < 1.29 is 54.0 Å². The maximum absolute atomic E-state index is 13.6. The predicted molar refractivity (Wildman–Crippen MR) is 169 cm³/mol. The Morgan fingerprint density at radius 1 is 0.714 bits per heavy atom. The molecule has 0 saturated heterocycles. The number of nitrogens with zero attached hydrogens (tertiary/aromatic N) is 1. The topological polar surface area (TPSA) is 367 Å². The number of nitrogens with one attached hydrogen (secondary N) is 6. The number of aromatic amines is 1. The van der Waals surface area contributed by atoms with E-state index < -0.39 is 90.6 Å². The van der Waals surface area contributed by atoms with E-state index in [1.807, 2.05) is 0 Å². The van der Waals surface area contributed by atoms with Crippen molar-refractivity contribution in [2.75, 3.05) is 6.54 Å². The van der Waals surface area contributed by atoms with Gasteiger partial charge in [0.2, 0.25) is 29.5 Å². The van der Waals surface area contributed by atoms with E-state index in [4.69, 9.17) is 22.3 Å². The molecule has 0 aliphatic carbocycles. The molecule has 0 aromatic carbocycles. The third kappa shape index (κ3) is 17.3. The maximum atomic E-state index is 13.6. The lowest BCUT2D eigenvalue weighted by Gasteiger charge is -2.27. The number of aromatic nitrogens is 2. The number of aliphatic carboxylic acids is 2. The molecule has 16 N–H and O–H groups in total. The number of hydrogen-bond donors (Lipinski definition) is 13. The highest BCUT2D eigenvalue weighted by atomic mass is 16.4. The van der Waals surface area contributed by atoms with Crippen molar-refractivity contribution in [3.8, 4) is 0 Å². The lowest BCUT2D eigenvalue weighted by molar-refractivity contribution is -0.147. The molecule has 1 aromatic rings. The van der Waals surface area contributed by atoms with E-state index in [-0.39, 0.29) is 45.1 Å². The highest BCUT2D eigenvalue weighted by Crippen LogP contribution is 2.09. The molecule has 0 radical (unpaired) electrons. The minimum absolute atomic E-state index is 0.0198. The third-order valence-corrected chi connectivity index (χ3v) is 7.01. The van der Waals surface area contributed by atoms with Crippen LogP contribution in [0.15, 0.2) is 12.5 Å². The van der Waals surface area contributed by atoms with Crippen molar-refractivity contribution in [3.63, 3.8) is 0 Å². The second-order valence-electron chi connectivity index (χ2n) is 11.3. The van der Waals surface area contributed by atoms with Gasteiger partial charge in [0.25, 0.3) is 0 Å². The molecular weight excluding hydrogens is 652 g/mol. The molecule has 1 heterocycles. The highest BCUT2D eigenvalue weighted by Gasteiger charge is 2.33. The lowest BCUT2D eigenvalue weighted by atomic mass is 10.0. The molecule has 0 aliphatic heterocycles. The van der Waals surface area contributed by atoms with Crippen molar-refractivity contribution in [3.05, 3.63) is 18.2 Å². The number of unbranched alkanes of at least 4 members (excludes halogenated alkanes) is 1. The van der Waals surface area contributed by atoms with Gasteiger partial charge in [-0.05, 0) is 51.5 Å². The monoisotopic (exact) mass is 700 g/mol. The van der Waals surface area contributed by atoms with Crippen molar-refractivity contribution in [2.24, 2.45) is 17.2 Å². The van der Waals surface area contributed by atoms with E-state index in [2.05, 4.69) is 36.6 Å². The molecule has 7 atom stereocenters. The van der Waals surface area contributed by atoms with Crippen LogP contribution in [0, 0.1) is 0 Å². The van der Waals surface area contributed by atoms with Gasteiger partial charge in [-0.2, -0.15) is 0 Å². The van der Waals surface area contributed by atoms with Crippen LogP contribution in [0.1, 0.15) is 64.0 Å². The summed E-state index contributed by atoms with van der Waals surface area (Å²) in [6.07, 6.45) is -0.937. The van der Waals surface area contributed by atoms with Gasteiger partial charge in [-0.1, -0.05) is 0 Å². The van der Waals surface area contributed by atoms with E-state index in [0.717, 1.165) is 6.92 Å². The van der Waals surface area contributed by atoms with Crippen LogP contribution < -0.4 is 43.8 Å². The Kier molecular flexibility index (Phi) is 19.0. The summed E-state index contributed by atoms with van der Waals surface area (Å²) in [6, 6.07) is -7.20. The van der Waals surface area contributed by atoms with E-state index in [0.29, 0.717) is 18.5 Å². The number of carboxylic acids is 2. The first-order valence-corrected chi connectivity index (χ1v) is 15.5. The van der Waals surface area contributed by atoms with E-state index in [1.165, 1.54) is 12.5 Å². The van der Waals surface area contributed by atoms with Crippen LogP contribution in [-0.4, -0.2) is 121 Å². The summed E-state index contributed by atoms with van der Waals surface area (Å²) in [5.41, 5.74) is 16.7. The Morgan fingerprint density at radius 3 is 1.61 bits per heavy atom. The number of carbonyl (C=O) groups is 7. The average molecular weight is 701 g/mol. The van der Waals surface area contributed by atoms with Crippen LogP contribution in [0.2, 0.25) is 0 Å². The summed E-state index contributed by atoms with van der Waals surface area (Å²) in [7, 11) is 0. The van der Waals surface area contributed by atoms with Crippen molar-refractivity contribution in [1.82, 2.24) is 36.6 Å². The number of H-pyrrole nitrogens is 1. The van der Waals surface area contributed by atoms with Crippen molar-refractivity contribution >= 4 is 41.5 Å². The zero-order valence-corrected chi connectivity index (χ0v) is 27.1. The largest absolute Gasteiger partial charge is 0.481 e. The minimum Gasteiger partial charge on any atom is -0.481 e. The van der Waals surface area contributed by atoms with E-state index in [9.17, 15) is 48.9 Å². The fraction of sp³-hybridized carbons (Fsp3) is 0.643. The van der Waals surface area contributed by atoms with E-state index in [1.54, 1.807) is 0 Å². The smallest absolute Gasteiger partial charge is 0.326 e. The number of carbonyl (C=O) groups excluding carboxylic acids is 5. The molecular formula is C28H48N10O11. The molecule has 1 rings (SSSR count). The predicted octanol–water partition coefficient (Wildman–Crippen LogP) is -4.80. The average Bonchev–Trinajstić information content (AvgIpc) is 3.52. The first kappa shape index (κ1) is 42.3. The van der Waals surface area contributed by atoms with Crippen LogP contribution in [0.5, 0.6) is 0 Å². The van der Waals surface area contributed by atoms with Gasteiger partial charge in [0, 0.05) is 25.2 Å². The fourth-order valence-electron chi connectivity index (χ4n) is 4.51. The number of carboxylic acid groups (broad SMARTS) is 2. The summed E-state index contributed by atoms with van der Waals surface area (Å²) in [6.45, 7) is 1.40. The number of hydrogen-bond acceptors (Lipinski definition) is 13. The minimum atomic E-state index is -1.80. The number of aliphatic hydroxyl groups excluding tert-OH is 2. The van der Waals surface area contributed by atoms with Gasteiger partial charge < -0.3 is 69.2 Å². The van der Waals surface area contributed by atoms with Crippen LogP contribution in [0.4, 0.5) is 0 Å². The first-order chi connectivity index (χ1) is 23.0. The second kappa shape index (κ2) is 22.0. The molecule has 21 nitrogen and oxygen atoms in total. The zero-order valence-electron chi connectivity index (χ0n) is 27.1. The van der Waals surface area contributed by atoms with Gasteiger partial charge in [0.1, 0.15) is 42.7 Å². The van der Waals surface area contributed by atoms with Gasteiger partial charge in [-0.15, -0.1) is 0 Å². The lowest BCUT2D eigenvalue weighted by Crippen LogP contribution is -2.59. The molecule has 49 heavy (non-hydrogen) atoms. The van der Waals surface area contributed by atoms with Crippen LogP contribution in [0.25, 0.3) is 0 Å². The molecule has 0 saturated carbocycles. The molecule has 276 valence electrons. The Hall–Kier alpha value is -4.70. The summed E-state index contributed by atoms with van der Waals surface area (Å²) in [4.78, 5) is 94.5. The Balaban J connectivity index is 3.32. The molecule has 0 fully saturated rings. The number of nitrogens with two attached hydrogens (primary N) is 3. The van der Waals surface area contributed by atoms with Gasteiger partial charge in [0.15, 0.2) is 0 Å². The maximum Gasteiger partial charge on any atom is 0.326 e. The highest BCUT2D eigenvalue weighted by molar-refractivity contribution is 5.96. The summed E-state index contributed by atoms with van der Waals surface area (Å²) >= 11 is 0. The molecule has 0 aliphatic rings. The van der Waals surface area contributed by atoms with Crippen molar-refractivity contribution in [1.29, 1.82) is 0 Å². The summed E-state index contributed by atoms with van der Waals surface area (Å²) in [5, 5.41) is 49.5. The summed E-state index contributed by atoms with van der Waals surface area (Å²) in [5.74, 6) is -7.30. The third-order valence-electron chi connectivity index (χ3n) is 7.01. The number of rotatable bonds is 24. The Labute approximate surface area is 281 Å². The van der Waals surface area contributed by atoms with Crippen LogP contribution >= 0.6 is 0 Å². The quantitative estimate of drug-likeness (QED) is 0.0355. The molecule has 0 bridgehead atoms. The molecule has 5 amide bonds. The normalized spacial score (nSPS) is 15.3. The molecule has 3 unspecified atom stereocenters. The number of imidazole rings is 1. The standard InChI is InChI=1S/C28H48N10O11/c1-14(39)34-17(5-7-21(30)40)25(45)36-18(6-8-22(31)41)26(46)37-19(10-15-12-32-13-33-15)27(47)35-16(4-2-3-9-29)24(44)38-20(28(48)49)11-23(42)43/h12-13,16-22,40-41H,2-11,29-31H2,1H3,(H,32,33)(H,34,39)(H,35,47)(H,36,45)(H,37,46)(H,38,44)(H,42,43)(H,48,49)/t16-,17+,18-,19?,20+,21?,22?/m1/s1. The van der Waals surface area contributed by atoms with Crippen LogP contribution in [0.3, 0.4) is 0 Å². The molecule has 21 heteroatoms. The first-order valence-electron chi connectivity index (χ1n) is 15.5. The SMILES string of the molecule is CC(=O)N[C@@H](CCC(N)O)C(=O)N[C@H](CCC(N)O)C(=O)NC(Cc1cnc[nH]1)C(=O)N[C@H](CCCCN)C(=O)N[C@@H](CC(=O)O)C(=O)O.